The minimum absolute atomic E-state index is 0.334. The van der Waals surface area contributed by atoms with Crippen LogP contribution in [0.15, 0.2) is 12.5 Å². The molecule has 1 unspecified atom stereocenters. The molecular formula is C10H8N2O2S. The molecule has 15 heavy (non-hydrogen) atoms. The molecule has 0 radical (unpaired) electrons. The van der Waals surface area contributed by atoms with E-state index in [0.29, 0.717) is 6.42 Å². The lowest BCUT2D eigenvalue weighted by Gasteiger charge is -2.00. The summed E-state index contributed by atoms with van der Waals surface area (Å²) >= 11 is 1.49. The van der Waals surface area contributed by atoms with Gasteiger partial charge in [-0.1, -0.05) is 0 Å². The molecule has 2 aromatic heterocycles. The molecule has 0 aliphatic heterocycles. The SMILES string of the molecule is O=C(O)C1CCc2c1sc1ncncc21. The van der Waals surface area contributed by atoms with E-state index in [2.05, 4.69) is 9.97 Å². The van der Waals surface area contributed by atoms with Crippen LogP contribution in [0.25, 0.3) is 10.2 Å². The van der Waals surface area contributed by atoms with E-state index in [0.717, 1.165) is 27.1 Å². The van der Waals surface area contributed by atoms with E-state index in [4.69, 9.17) is 5.11 Å². The van der Waals surface area contributed by atoms with Gasteiger partial charge in [-0.15, -0.1) is 11.3 Å². The molecular weight excluding hydrogens is 212 g/mol. The van der Waals surface area contributed by atoms with Gasteiger partial charge in [-0.25, -0.2) is 9.97 Å². The second-order valence-corrected chi connectivity index (χ2v) is 4.65. The Morgan fingerprint density at radius 3 is 3.27 bits per heavy atom. The summed E-state index contributed by atoms with van der Waals surface area (Å²) in [6.45, 7) is 0. The van der Waals surface area contributed by atoms with E-state index in [9.17, 15) is 4.79 Å². The predicted octanol–water partition coefficient (Wildman–Crippen LogP) is 1.81. The van der Waals surface area contributed by atoms with E-state index < -0.39 is 5.97 Å². The van der Waals surface area contributed by atoms with Crippen LogP contribution < -0.4 is 0 Å². The summed E-state index contributed by atoms with van der Waals surface area (Å²) in [6, 6.07) is 0. The maximum atomic E-state index is 11.0. The van der Waals surface area contributed by atoms with Gasteiger partial charge < -0.3 is 5.11 Å². The molecule has 0 saturated carbocycles. The number of aryl methyl sites for hydroxylation is 1. The Kier molecular flexibility index (Phi) is 1.76. The van der Waals surface area contributed by atoms with Gasteiger partial charge in [-0.2, -0.15) is 0 Å². The Morgan fingerprint density at radius 2 is 2.47 bits per heavy atom. The van der Waals surface area contributed by atoms with Crippen molar-refractivity contribution in [3.8, 4) is 0 Å². The molecule has 0 bridgehead atoms. The highest BCUT2D eigenvalue weighted by molar-refractivity contribution is 7.19. The highest BCUT2D eigenvalue weighted by atomic mass is 32.1. The number of carboxylic acids is 1. The molecule has 0 saturated heterocycles. The number of nitrogens with zero attached hydrogens (tertiary/aromatic N) is 2. The lowest BCUT2D eigenvalue weighted by molar-refractivity contribution is -0.138. The average molecular weight is 220 g/mol. The van der Waals surface area contributed by atoms with Crippen LogP contribution in [-0.4, -0.2) is 21.0 Å². The van der Waals surface area contributed by atoms with Crippen molar-refractivity contribution < 1.29 is 9.90 Å². The summed E-state index contributed by atoms with van der Waals surface area (Å²) in [7, 11) is 0. The number of thiophene rings is 1. The molecule has 2 heterocycles. The second-order valence-electron chi connectivity index (χ2n) is 3.62. The highest BCUT2D eigenvalue weighted by Crippen LogP contribution is 2.42. The van der Waals surface area contributed by atoms with Gasteiger partial charge in [-0.3, -0.25) is 4.79 Å². The van der Waals surface area contributed by atoms with Crippen LogP contribution in [0.5, 0.6) is 0 Å². The summed E-state index contributed by atoms with van der Waals surface area (Å²) in [5.41, 5.74) is 1.14. The number of hydrogen-bond acceptors (Lipinski definition) is 4. The van der Waals surface area contributed by atoms with Crippen molar-refractivity contribution in [2.75, 3.05) is 0 Å². The van der Waals surface area contributed by atoms with Gasteiger partial charge in [0, 0.05) is 16.5 Å². The fraction of sp³-hybridized carbons (Fsp3) is 0.300. The zero-order valence-electron chi connectivity index (χ0n) is 7.80. The Labute approximate surface area is 89.6 Å². The van der Waals surface area contributed by atoms with Crippen molar-refractivity contribution in [2.45, 2.75) is 18.8 Å². The zero-order chi connectivity index (χ0) is 10.4. The van der Waals surface area contributed by atoms with Gasteiger partial charge in [0.1, 0.15) is 11.2 Å². The molecule has 1 aliphatic rings. The Balaban J connectivity index is 2.25. The Hall–Kier alpha value is -1.49. The summed E-state index contributed by atoms with van der Waals surface area (Å²) in [4.78, 5) is 21.0. The van der Waals surface area contributed by atoms with Crippen LogP contribution in [0.3, 0.4) is 0 Å². The second kappa shape index (κ2) is 3.00. The van der Waals surface area contributed by atoms with E-state index in [1.165, 1.54) is 17.7 Å². The molecule has 0 fully saturated rings. The number of fused-ring (bicyclic) bond motifs is 3. The number of rotatable bonds is 1. The standard InChI is InChI=1S/C10H8N2O2S/c13-10(14)6-2-1-5-7-3-11-4-12-9(7)15-8(5)6/h3-4,6H,1-2H2,(H,13,14). The lowest BCUT2D eigenvalue weighted by Crippen LogP contribution is -2.06. The fourth-order valence-electron chi connectivity index (χ4n) is 2.10. The molecule has 4 nitrogen and oxygen atoms in total. The van der Waals surface area contributed by atoms with Crippen LogP contribution in [0.1, 0.15) is 22.8 Å². The van der Waals surface area contributed by atoms with Gasteiger partial charge in [0.2, 0.25) is 0 Å². The van der Waals surface area contributed by atoms with Gasteiger partial charge in [0.15, 0.2) is 0 Å². The third-order valence-electron chi connectivity index (χ3n) is 2.80. The summed E-state index contributed by atoms with van der Waals surface area (Å²) in [5.74, 6) is -1.06. The molecule has 5 heteroatoms. The van der Waals surface area contributed by atoms with E-state index in [-0.39, 0.29) is 5.92 Å². The number of aromatic nitrogens is 2. The van der Waals surface area contributed by atoms with Gasteiger partial charge in [0.25, 0.3) is 0 Å². The number of carboxylic acid groups (broad SMARTS) is 1. The summed E-state index contributed by atoms with van der Waals surface area (Å²) < 4.78 is 0. The molecule has 0 amide bonds. The summed E-state index contributed by atoms with van der Waals surface area (Å²) in [6.07, 6.45) is 4.83. The van der Waals surface area contributed by atoms with Crippen molar-refractivity contribution in [3.05, 3.63) is 23.0 Å². The van der Waals surface area contributed by atoms with Crippen molar-refractivity contribution >= 4 is 27.5 Å². The maximum Gasteiger partial charge on any atom is 0.311 e. The van der Waals surface area contributed by atoms with Crippen molar-refractivity contribution in [1.82, 2.24) is 9.97 Å². The first-order chi connectivity index (χ1) is 7.27. The number of hydrogen-bond donors (Lipinski definition) is 1. The largest absolute Gasteiger partial charge is 0.481 e. The molecule has 76 valence electrons. The highest BCUT2D eigenvalue weighted by Gasteiger charge is 2.32. The van der Waals surface area contributed by atoms with E-state index in [1.54, 1.807) is 6.20 Å². The lowest BCUT2D eigenvalue weighted by atomic mass is 10.1. The minimum Gasteiger partial charge on any atom is -0.481 e. The monoisotopic (exact) mass is 220 g/mol. The third kappa shape index (κ3) is 1.16. The number of aliphatic carboxylic acids is 1. The van der Waals surface area contributed by atoms with E-state index >= 15 is 0 Å². The third-order valence-corrected chi connectivity index (χ3v) is 4.07. The normalized spacial score (nSPS) is 19.3. The van der Waals surface area contributed by atoms with Crippen LogP contribution >= 0.6 is 11.3 Å². The van der Waals surface area contributed by atoms with Gasteiger partial charge in [0.05, 0.1) is 5.92 Å². The summed E-state index contributed by atoms with van der Waals surface area (Å²) in [5, 5.41) is 10.1. The maximum absolute atomic E-state index is 11.0. The van der Waals surface area contributed by atoms with Crippen LogP contribution in [0.4, 0.5) is 0 Å². The predicted molar refractivity (Wildman–Crippen MR) is 56.1 cm³/mol. The molecule has 0 aromatic carbocycles. The zero-order valence-corrected chi connectivity index (χ0v) is 8.62. The first-order valence-electron chi connectivity index (χ1n) is 4.71. The molecule has 3 rings (SSSR count). The molecule has 0 spiro atoms. The first kappa shape index (κ1) is 8.79. The quantitative estimate of drug-likeness (QED) is 0.796. The van der Waals surface area contributed by atoms with Crippen molar-refractivity contribution in [2.24, 2.45) is 0 Å². The Bertz CT molecular complexity index is 549. The molecule has 1 aliphatic carbocycles. The van der Waals surface area contributed by atoms with Crippen molar-refractivity contribution in [3.63, 3.8) is 0 Å². The molecule has 2 aromatic rings. The van der Waals surface area contributed by atoms with Gasteiger partial charge in [-0.05, 0) is 18.4 Å². The topological polar surface area (TPSA) is 63.1 Å². The first-order valence-corrected chi connectivity index (χ1v) is 5.53. The van der Waals surface area contributed by atoms with Crippen LogP contribution in [0.2, 0.25) is 0 Å². The van der Waals surface area contributed by atoms with Gasteiger partial charge >= 0.3 is 5.97 Å². The van der Waals surface area contributed by atoms with Crippen LogP contribution in [0, 0.1) is 0 Å². The molecule has 1 N–H and O–H groups in total. The Morgan fingerprint density at radius 1 is 1.60 bits per heavy atom. The number of carbonyl (C=O) groups is 1. The average Bonchev–Trinajstić information content (AvgIpc) is 2.74. The van der Waals surface area contributed by atoms with Crippen LogP contribution in [-0.2, 0) is 11.2 Å². The molecule has 1 atom stereocenters. The minimum atomic E-state index is -0.728. The van der Waals surface area contributed by atoms with Crippen molar-refractivity contribution in [1.29, 1.82) is 0 Å². The smallest absolute Gasteiger partial charge is 0.311 e. The fourth-order valence-corrected chi connectivity index (χ4v) is 3.39. The van der Waals surface area contributed by atoms with E-state index in [1.807, 2.05) is 0 Å².